The van der Waals surface area contributed by atoms with E-state index >= 15 is 0 Å². The zero-order chi connectivity index (χ0) is 8.48. The summed E-state index contributed by atoms with van der Waals surface area (Å²) in [6, 6.07) is 0.437. The molecule has 11 heavy (non-hydrogen) atoms. The van der Waals surface area contributed by atoms with Gasteiger partial charge in [-0.15, -0.1) is 0 Å². The molecule has 1 aliphatic rings. The molecule has 1 saturated carbocycles. The predicted molar refractivity (Wildman–Crippen MR) is 44.0 cm³/mol. The summed E-state index contributed by atoms with van der Waals surface area (Å²) >= 11 is 0. The molecule has 0 aromatic rings. The minimum atomic E-state index is -0.190. The lowest BCUT2D eigenvalue weighted by Crippen LogP contribution is -2.37. The van der Waals surface area contributed by atoms with Gasteiger partial charge in [0.05, 0.1) is 5.41 Å². The Hall–Kier alpha value is -0.570. The SMILES string of the molecule is CC(C)NCC1(C(N)=O)CC1. The zero-order valence-electron chi connectivity index (χ0n) is 7.18. The molecule has 0 unspecified atom stereocenters. The number of hydrogen-bond acceptors (Lipinski definition) is 2. The Morgan fingerprint density at radius 1 is 1.64 bits per heavy atom. The number of carbonyl (C=O) groups is 1. The van der Waals surface area contributed by atoms with E-state index in [1.165, 1.54) is 0 Å². The molecule has 1 rings (SSSR count). The highest BCUT2D eigenvalue weighted by atomic mass is 16.1. The van der Waals surface area contributed by atoms with E-state index in [0.717, 1.165) is 19.4 Å². The van der Waals surface area contributed by atoms with E-state index in [1.54, 1.807) is 0 Å². The van der Waals surface area contributed by atoms with E-state index in [2.05, 4.69) is 19.2 Å². The Balaban J connectivity index is 2.31. The normalized spacial score (nSPS) is 20.3. The van der Waals surface area contributed by atoms with Crippen LogP contribution >= 0.6 is 0 Å². The molecule has 3 nitrogen and oxygen atoms in total. The monoisotopic (exact) mass is 156 g/mol. The minimum Gasteiger partial charge on any atom is -0.369 e. The van der Waals surface area contributed by atoms with Crippen LogP contribution < -0.4 is 11.1 Å². The first-order valence-corrected chi connectivity index (χ1v) is 4.10. The van der Waals surface area contributed by atoms with E-state index in [4.69, 9.17) is 5.73 Å². The molecule has 1 fully saturated rings. The average molecular weight is 156 g/mol. The Labute approximate surface area is 67.3 Å². The average Bonchev–Trinajstić information content (AvgIpc) is 2.63. The van der Waals surface area contributed by atoms with Crippen molar-refractivity contribution in [3.8, 4) is 0 Å². The number of rotatable bonds is 4. The topological polar surface area (TPSA) is 55.1 Å². The summed E-state index contributed by atoms with van der Waals surface area (Å²) in [5.41, 5.74) is 5.05. The highest BCUT2D eigenvalue weighted by Crippen LogP contribution is 2.44. The van der Waals surface area contributed by atoms with Crippen molar-refractivity contribution in [2.45, 2.75) is 32.7 Å². The molecule has 0 radical (unpaired) electrons. The van der Waals surface area contributed by atoms with E-state index in [9.17, 15) is 4.79 Å². The van der Waals surface area contributed by atoms with Crippen LogP contribution in [0.4, 0.5) is 0 Å². The van der Waals surface area contributed by atoms with Gasteiger partial charge in [0.1, 0.15) is 0 Å². The maximum atomic E-state index is 10.9. The summed E-state index contributed by atoms with van der Waals surface area (Å²) < 4.78 is 0. The van der Waals surface area contributed by atoms with E-state index in [0.29, 0.717) is 6.04 Å². The van der Waals surface area contributed by atoms with Gasteiger partial charge in [0.15, 0.2) is 0 Å². The van der Waals surface area contributed by atoms with E-state index in [1.807, 2.05) is 0 Å². The molecule has 0 saturated heterocycles. The second-order valence-corrected chi connectivity index (χ2v) is 3.68. The second-order valence-electron chi connectivity index (χ2n) is 3.68. The standard InChI is InChI=1S/C8H16N2O/c1-6(2)10-5-8(3-4-8)7(9)11/h6,10H,3-5H2,1-2H3,(H2,9,11). The molecule has 64 valence electrons. The highest BCUT2D eigenvalue weighted by Gasteiger charge is 2.47. The molecule has 3 N–H and O–H groups in total. The smallest absolute Gasteiger partial charge is 0.224 e. The zero-order valence-corrected chi connectivity index (χ0v) is 7.18. The molecule has 0 atom stereocenters. The van der Waals surface area contributed by atoms with Crippen LogP contribution in [0, 0.1) is 5.41 Å². The Bertz CT molecular complexity index is 161. The van der Waals surface area contributed by atoms with E-state index in [-0.39, 0.29) is 11.3 Å². The lowest BCUT2D eigenvalue weighted by Gasteiger charge is -2.13. The van der Waals surface area contributed by atoms with Crippen molar-refractivity contribution in [3.05, 3.63) is 0 Å². The summed E-state index contributed by atoms with van der Waals surface area (Å²) in [5.74, 6) is -0.148. The van der Waals surface area contributed by atoms with Crippen molar-refractivity contribution in [2.75, 3.05) is 6.54 Å². The molecule has 1 amide bonds. The molecule has 0 aliphatic heterocycles. The Morgan fingerprint density at radius 3 is 2.45 bits per heavy atom. The molecular formula is C8H16N2O. The van der Waals surface area contributed by atoms with Crippen molar-refractivity contribution in [1.29, 1.82) is 0 Å². The summed E-state index contributed by atoms with van der Waals surface area (Å²) in [7, 11) is 0. The fourth-order valence-corrected chi connectivity index (χ4v) is 1.06. The van der Waals surface area contributed by atoms with Gasteiger partial charge in [0.25, 0.3) is 0 Å². The quantitative estimate of drug-likeness (QED) is 0.613. The Kier molecular flexibility index (Phi) is 2.18. The third kappa shape index (κ3) is 1.93. The van der Waals surface area contributed by atoms with Crippen LogP contribution in [0.25, 0.3) is 0 Å². The molecule has 0 aromatic carbocycles. The largest absolute Gasteiger partial charge is 0.369 e. The highest BCUT2D eigenvalue weighted by molar-refractivity contribution is 5.83. The molecule has 1 aliphatic carbocycles. The van der Waals surface area contributed by atoms with Crippen LogP contribution in [0.3, 0.4) is 0 Å². The number of amides is 1. The van der Waals surface area contributed by atoms with Gasteiger partial charge < -0.3 is 11.1 Å². The van der Waals surface area contributed by atoms with Crippen molar-refractivity contribution >= 4 is 5.91 Å². The van der Waals surface area contributed by atoms with Crippen LogP contribution in [-0.4, -0.2) is 18.5 Å². The van der Waals surface area contributed by atoms with Gasteiger partial charge >= 0.3 is 0 Å². The summed E-state index contributed by atoms with van der Waals surface area (Å²) in [6.07, 6.45) is 1.92. The lowest BCUT2D eigenvalue weighted by molar-refractivity contribution is -0.122. The first-order valence-electron chi connectivity index (χ1n) is 4.10. The van der Waals surface area contributed by atoms with Gasteiger partial charge in [-0.3, -0.25) is 4.79 Å². The van der Waals surface area contributed by atoms with Crippen LogP contribution in [-0.2, 0) is 4.79 Å². The number of hydrogen-bond donors (Lipinski definition) is 2. The first-order chi connectivity index (χ1) is 5.07. The van der Waals surface area contributed by atoms with Crippen LogP contribution in [0.5, 0.6) is 0 Å². The van der Waals surface area contributed by atoms with Crippen LogP contribution in [0.15, 0.2) is 0 Å². The maximum Gasteiger partial charge on any atom is 0.224 e. The number of nitrogens with two attached hydrogens (primary N) is 1. The molecule has 0 spiro atoms. The fourth-order valence-electron chi connectivity index (χ4n) is 1.06. The van der Waals surface area contributed by atoms with Gasteiger partial charge in [-0.2, -0.15) is 0 Å². The maximum absolute atomic E-state index is 10.9. The van der Waals surface area contributed by atoms with Gasteiger partial charge in [-0.25, -0.2) is 0 Å². The number of nitrogens with one attached hydrogen (secondary N) is 1. The molecule has 0 aromatic heterocycles. The van der Waals surface area contributed by atoms with Gasteiger partial charge in [0, 0.05) is 12.6 Å². The summed E-state index contributed by atoms with van der Waals surface area (Å²) in [4.78, 5) is 10.9. The predicted octanol–water partition coefficient (Wildman–Crippen LogP) is 0.250. The summed E-state index contributed by atoms with van der Waals surface area (Å²) in [6.45, 7) is 4.88. The van der Waals surface area contributed by atoms with Crippen LogP contribution in [0.1, 0.15) is 26.7 Å². The van der Waals surface area contributed by atoms with E-state index < -0.39 is 0 Å². The third-order valence-corrected chi connectivity index (χ3v) is 2.22. The second kappa shape index (κ2) is 2.81. The fraction of sp³-hybridized carbons (Fsp3) is 0.875. The molecule has 3 heteroatoms. The van der Waals surface area contributed by atoms with Gasteiger partial charge in [-0.1, -0.05) is 13.8 Å². The molecule has 0 heterocycles. The van der Waals surface area contributed by atoms with Gasteiger partial charge in [0.2, 0.25) is 5.91 Å². The van der Waals surface area contributed by atoms with Crippen molar-refractivity contribution in [2.24, 2.45) is 11.1 Å². The third-order valence-electron chi connectivity index (χ3n) is 2.22. The molecule has 0 bridgehead atoms. The number of primary amides is 1. The minimum absolute atomic E-state index is 0.148. The summed E-state index contributed by atoms with van der Waals surface area (Å²) in [5, 5.41) is 3.23. The first kappa shape index (κ1) is 8.53. The van der Waals surface area contributed by atoms with Crippen molar-refractivity contribution in [3.63, 3.8) is 0 Å². The molecular weight excluding hydrogens is 140 g/mol. The number of carbonyl (C=O) groups excluding carboxylic acids is 1. The van der Waals surface area contributed by atoms with Gasteiger partial charge in [-0.05, 0) is 12.8 Å². The Morgan fingerprint density at radius 2 is 2.18 bits per heavy atom. The van der Waals surface area contributed by atoms with Crippen molar-refractivity contribution in [1.82, 2.24) is 5.32 Å². The lowest BCUT2D eigenvalue weighted by atomic mass is 10.1. The van der Waals surface area contributed by atoms with Crippen LogP contribution in [0.2, 0.25) is 0 Å². The van der Waals surface area contributed by atoms with Crippen molar-refractivity contribution < 1.29 is 4.79 Å².